The van der Waals surface area contributed by atoms with E-state index in [0.717, 1.165) is 68.9 Å². The molecule has 0 aromatic rings. The number of carbonyl (C=O) groups is 1. The largest absolute Gasteiger partial charge is 0.390 e. The number of rotatable bonds is 33. The lowest BCUT2D eigenvalue weighted by Crippen LogP contribution is -2.36. The summed E-state index contributed by atoms with van der Waals surface area (Å²) >= 11 is 0. The van der Waals surface area contributed by atoms with Crippen molar-refractivity contribution in [2.24, 2.45) is 67.4 Å². The minimum atomic E-state index is -0.429. The monoisotopic (exact) mass is 851 g/mol. The van der Waals surface area contributed by atoms with Gasteiger partial charge in [-0.2, -0.15) is 0 Å². The van der Waals surface area contributed by atoms with Gasteiger partial charge in [-0.3, -0.25) is 10.3 Å². The molecule has 7 atom stereocenters. The van der Waals surface area contributed by atoms with Crippen LogP contribution in [0.2, 0.25) is 0 Å². The fraction of sp³-hybridized carbons (Fsp3) is 0.896. The average molecular weight is 851 g/mol. The molecule has 0 spiro atoms. The van der Waals surface area contributed by atoms with E-state index >= 15 is 0 Å². The van der Waals surface area contributed by atoms with E-state index in [4.69, 9.17) is 31.4 Å². The number of allylic oxidation sites excluding steroid dienone is 1. The number of nitrogens with one attached hydrogen (secondary N) is 2. The zero-order valence-corrected chi connectivity index (χ0v) is 40.4. The van der Waals surface area contributed by atoms with Crippen molar-refractivity contribution in [2.75, 3.05) is 66.9 Å². The van der Waals surface area contributed by atoms with Gasteiger partial charge < -0.3 is 47.3 Å². The van der Waals surface area contributed by atoms with Gasteiger partial charge in [-0.1, -0.05) is 111 Å². The van der Waals surface area contributed by atoms with Crippen LogP contribution in [0.25, 0.3) is 0 Å². The molecule has 7 unspecified atom stereocenters. The Morgan fingerprint density at radius 2 is 1.68 bits per heavy atom. The van der Waals surface area contributed by atoms with E-state index in [1.54, 1.807) is 5.57 Å². The number of aliphatic imine (C=N–C) groups is 2. The number of likely N-dealkylation sites (N-methyl/N-ethyl adjacent to an activating group) is 1. The van der Waals surface area contributed by atoms with Crippen LogP contribution in [-0.4, -0.2) is 97.6 Å². The first-order valence-electron chi connectivity index (χ1n) is 24.0. The molecule has 0 amide bonds. The van der Waals surface area contributed by atoms with Crippen LogP contribution in [0.1, 0.15) is 164 Å². The van der Waals surface area contributed by atoms with Gasteiger partial charge in [0.05, 0.1) is 45.6 Å². The lowest BCUT2D eigenvalue weighted by atomic mass is 9.62. The van der Waals surface area contributed by atoms with E-state index in [0.29, 0.717) is 56.5 Å². The number of aldehydes is 1. The van der Waals surface area contributed by atoms with Gasteiger partial charge in [0.25, 0.3) is 0 Å². The SMILES string of the molecule is CCCC(C)(C)C(CCCCC1CC=C2CC(OCNCCOCCOCCNC)CCC2(C)C1)C(C)CCCC(C)CC.CN.NC=NCCCCC(C=O)N=C(N)N. The van der Waals surface area contributed by atoms with Gasteiger partial charge in [0.15, 0.2) is 5.96 Å². The normalized spacial score (nSPS) is 21.0. The van der Waals surface area contributed by atoms with Crippen LogP contribution in [0.3, 0.4) is 0 Å². The van der Waals surface area contributed by atoms with Gasteiger partial charge in [0.1, 0.15) is 12.3 Å². The zero-order valence-electron chi connectivity index (χ0n) is 40.4. The molecule has 1 saturated carbocycles. The molecule has 0 bridgehead atoms. The van der Waals surface area contributed by atoms with Gasteiger partial charge in [0, 0.05) is 19.6 Å². The maximum atomic E-state index is 10.5. The first-order chi connectivity index (χ1) is 28.8. The summed E-state index contributed by atoms with van der Waals surface area (Å²) in [5.41, 5.74) is 22.4. The van der Waals surface area contributed by atoms with Crippen LogP contribution in [0.4, 0.5) is 0 Å². The number of hydrogen-bond acceptors (Lipinski definition) is 9. The molecule has 0 radical (unpaired) electrons. The second-order valence-electron chi connectivity index (χ2n) is 18.5. The molecule has 0 heterocycles. The standard InChI is InChI=1S/C39H76N2O3.C8H17N5O.CH5N/c1-9-21-38(5,6)37(33(4)15-13-14-32(3)10-2)17-12-11-16-34-18-19-35-29-36(20-22-39(35,7)30-34)44-31-41-24-26-43-28-27-42-25-23-40-8;9-6-12-4-2-1-3-7(5-14)13-8(10)11;1-2/h19,32-34,36-37,40-41H,9-18,20-31H2,1-8H3;5-7H,1-4H2,(H2,9,12)(H4,10,11,13);2H2,1H3. The third-order valence-corrected chi connectivity index (χ3v) is 13.0. The van der Waals surface area contributed by atoms with E-state index in [-0.39, 0.29) is 5.96 Å². The molecule has 60 heavy (non-hydrogen) atoms. The predicted molar refractivity (Wildman–Crippen MR) is 256 cm³/mol. The summed E-state index contributed by atoms with van der Waals surface area (Å²) in [5, 5.41) is 6.47. The number of hydrogen-bond donors (Lipinski definition) is 6. The number of carbonyl (C=O) groups excluding carboxylic acids is 1. The molecular formula is C48H98N8O4. The lowest BCUT2D eigenvalue weighted by molar-refractivity contribution is -0.109. The Morgan fingerprint density at radius 3 is 2.32 bits per heavy atom. The molecule has 2 aliphatic rings. The van der Waals surface area contributed by atoms with Gasteiger partial charge in [0.2, 0.25) is 0 Å². The van der Waals surface area contributed by atoms with Crippen LogP contribution >= 0.6 is 0 Å². The van der Waals surface area contributed by atoms with Crippen molar-refractivity contribution in [1.29, 1.82) is 0 Å². The van der Waals surface area contributed by atoms with Gasteiger partial charge in [-0.25, -0.2) is 4.99 Å². The molecule has 12 heteroatoms. The van der Waals surface area contributed by atoms with E-state index in [1.165, 1.54) is 103 Å². The first-order valence-corrected chi connectivity index (χ1v) is 24.0. The summed E-state index contributed by atoms with van der Waals surface area (Å²) in [6, 6.07) is -0.429. The Bertz CT molecular complexity index is 1120. The van der Waals surface area contributed by atoms with Gasteiger partial charge in [-0.15, -0.1) is 0 Å². The van der Waals surface area contributed by atoms with E-state index in [1.807, 2.05) is 7.05 Å². The molecule has 2 aliphatic carbocycles. The Hall–Kier alpha value is -2.09. The predicted octanol–water partition coefficient (Wildman–Crippen LogP) is 8.11. The van der Waals surface area contributed by atoms with Crippen molar-refractivity contribution in [3.63, 3.8) is 0 Å². The molecule has 10 N–H and O–H groups in total. The second kappa shape index (κ2) is 36.4. The molecule has 0 saturated heterocycles. The topological polar surface area (TPSA) is 198 Å². The van der Waals surface area contributed by atoms with E-state index in [2.05, 4.69) is 80.9 Å². The van der Waals surface area contributed by atoms with Crippen molar-refractivity contribution < 1.29 is 19.0 Å². The van der Waals surface area contributed by atoms with Crippen LogP contribution in [-0.2, 0) is 19.0 Å². The molecular weight excluding hydrogens is 753 g/mol. The van der Waals surface area contributed by atoms with E-state index < -0.39 is 6.04 Å². The maximum absolute atomic E-state index is 10.5. The van der Waals surface area contributed by atoms with E-state index in [9.17, 15) is 4.79 Å². The first kappa shape index (κ1) is 57.9. The lowest BCUT2D eigenvalue weighted by Gasteiger charge is -2.45. The number of nitrogens with zero attached hydrogens (tertiary/aromatic N) is 2. The number of ether oxygens (including phenoxy) is 3. The highest BCUT2D eigenvalue weighted by Crippen LogP contribution is 2.50. The maximum Gasteiger partial charge on any atom is 0.186 e. The van der Waals surface area contributed by atoms with Crippen molar-refractivity contribution in [1.82, 2.24) is 10.6 Å². The van der Waals surface area contributed by atoms with Crippen molar-refractivity contribution in [2.45, 2.75) is 176 Å². The average Bonchev–Trinajstić information content (AvgIpc) is 3.22. The van der Waals surface area contributed by atoms with Gasteiger partial charge in [-0.05, 0) is 113 Å². The Kier molecular flexibility index (Phi) is 35.1. The highest BCUT2D eigenvalue weighted by atomic mass is 16.5. The summed E-state index contributed by atoms with van der Waals surface area (Å²) in [7, 11) is 3.44. The highest BCUT2D eigenvalue weighted by Gasteiger charge is 2.39. The molecule has 2 rings (SSSR count). The molecule has 0 aliphatic heterocycles. The third kappa shape index (κ3) is 27.1. The molecule has 0 aromatic heterocycles. The number of fused-ring (bicyclic) bond motifs is 1. The number of unbranched alkanes of at least 4 members (excludes halogenated alkanes) is 2. The van der Waals surface area contributed by atoms with Crippen LogP contribution in [0.5, 0.6) is 0 Å². The van der Waals surface area contributed by atoms with Crippen LogP contribution in [0, 0.1) is 34.5 Å². The fourth-order valence-electron chi connectivity index (χ4n) is 9.33. The quantitative estimate of drug-likeness (QED) is 0.00937. The highest BCUT2D eigenvalue weighted by molar-refractivity contribution is 5.78. The Labute approximate surface area is 369 Å². The summed E-state index contributed by atoms with van der Waals surface area (Å²) < 4.78 is 17.4. The minimum Gasteiger partial charge on any atom is -0.390 e. The summed E-state index contributed by atoms with van der Waals surface area (Å²) in [6.45, 7) is 23.1. The number of nitrogens with two attached hydrogens (primary N) is 4. The second-order valence-corrected chi connectivity index (χ2v) is 18.5. The smallest absolute Gasteiger partial charge is 0.186 e. The van der Waals surface area contributed by atoms with Crippen LogP contribution in [0.15, 0.2) is 21.6 Å². The van der Waals surface area contributed by atoms with Crippen molar-refractivity contribution in [3.05, 3.63) is 11.6 Å². The van der Waals surface area contributed by atoms with Crippen molar-refractivity contribution >= 4 is 18.6 Å². The van der Waals surface area contributed by atoms with Crippen LogP contribution < -0.4 is 33.6 Å². The molecule has 354 valence electrons. The Morgan fingerprint density at radius 1 is 0.983 bits per heavy atom. The zero-order chi connectivity index (χ0) is 45.1. The third-order valence-electron chi connectivity index (χ3n) is 13.0. The minimum absolute atomic E-state index is 0.0536. The Balaban J connectivity index is 0.00000184. The molecule has 0 aromatic carbocycles. The van der Waals surface area contributed by atoms with Crippen molar-refractivity contribution in [3.8, 4) is 0 Å². The summed E-state index contributed by atoms with van der Waals surface area (Å²) in [6.07, 6.45) is 27.5. The molecule has 1 fully saturated rings. The summed E-state index contributed by atoms with van der Waals surface area (Å²) in [4.78, 5) is 18.1. The molecule has 12 nitrogen and oxygen atoms in total. The number of guanidine groups is 1. The van der Waals surface area contributed by atoms with Gasteiger partial charge >= 0.3 is 0 Å². The fourth-order valence-corrected chi connectivity index (χ4v) is 9.33. The summed E-state index contributed by atoms with van der Waals surface area (Å²) in [5.74, 6) is 3.41.